The number of alkyl halides is 3. The lowest BCUT2D eigenvalue weighted by molar-refractivity contribution is -0.151. The summed E-state index contributed by atoms with van der Waals surface area (Å²) in [6.45, 7) is -0.0761. The van der Waals surface area contributed by atoms with Gasteiger partial charge in [0.05, 0.1) is 27.3 Å². The molecule has 6 nitrogen and oxygen atoms in total. The number of aliphatic hydroxyl groups excluding tert-OH is 1. The van der Waals surface area contributed by atoms with Crippen LogP contribution in [0.2, 0.25) is 0 Å². The number of amides is 1. The Bertz CT molecular complexity index is 718. The molecule has 2 aliphatic heterocycles. The molecule has 28 heavy (non-hydrogen) atoms. The molecule has 1 unspecified atom stereocenters. The van der Waals surface area contributed by atoms with Crippen molar-refractivity contribution in [1.82, 2.24) is 9.80 Å². The van der Waals surface area contributed by atoms with Gasteiger partial charge in [0.25, 0.3) is 0 Å². The quantitative estimate of drug-likeness (QED) is 0.838. The van der Waals surface area contributed by atoms with E-state index >= 15 is 0 Å². The molecule has 156 valence electrons. The Morgan fingerprint density at radius 2 is 1.79 bits per heavy atom. The molecule has 2 heterocycles. The zero-order chi connectivity index (χ0) is 20.5. The van der Waals surface area contributed by atoms with Crippen LogP contribution in [0.4, 0.5) is 13.2 Å². The predicted octanol–water partition coefficient (Wildman–Crippen LogP) is 2.35. The number of benzene rings is 1. The number of hydrogen-bond acceptors (Lipinski definition) is 5. The highest BCUT2D eigenvalue weighted by molar-refractivity contribution is 5.79. The van der Waals surface area contributed by atoms with Crippen molar-refractivity contribution in [2.45, 2.75) is 31.7 Å². The molecule has 0 spiro atoms. The summed E-state index contributed by atoms with van der Waals surface area (Å²) in [6.07, 6.45) is -4.39. The molecule has 3 rings (SSSR count). The summed E-state index contributed by atoms with van der Waals surface area (Å²) in [4.78, 5) is 15.9. The van der Waals surface area contributed by atoms with Crippen molar-refractivity contribution in [3.63, 3.8) is 0 Å². The second-order valence-electron chi connectivity index (χ2n) is 7.26. The molecule has 1 aromatic carbocycles. The molecule has 0 aromatic heterocycles. The first-order valence-electron chi connectivity index (χ1n) is 9.23. The average Bonchev–Trinajstić information content (AvgIpc) is 2.65. The molecule has 1 fully saturated rings. The number of halogens is 3. The molecule has 9 heteroatoms. The smallest absolute Gasteiger partial charge is 0.401 e. The highest BCUT2D eigenvalue weighted by Gasteiger charge is 2.37. The van der Waals surface area contributed by atoms with Crippen molar-refractivity contribution in [2.24, 2.45) is 5.92 Å². The summed E-state index contributed by atoms with van der Waals surface area (Å²) in [6, 6.07) is 3.45. The van der Waals surface area contributed by atoms with Gasteiger partial charge in [0.1, 0.15) is 17.6 Å². The van der Waals surface area contributed by atoms with Crippen molar-refractivity contribution >= 4 is 5.91 Å². The number of β-amino-alcohol motifs (C(OH)–C–C–N with tert-alkyl or cyclic N) is 1. The minimum Gasteiger partial charge on any atom is -0.496 e. The first-order valence-corrected chi connectivity index (χ1v) is 9.23. The number of methoxy groups -OCH3 is 2. The van der Waals surface area contributed by atoms with Gasteiger partial charge in [-0.1, -0.05) is 0 Å². The number of hydrogen-bond donors (Lipinski definition) is 1. The summed E-state index contributed by atoms with van der Waals surface area (Å²) in [7, 11) is 3.03. The summed E-state index contributed by atoms with van der Waals surface area (Å²) < 4.78 is 48.3. The number of nitrogens with zero attached hydrogens (tertiary/aromatic N) is 2. The number of ether oxygens (including phenoxy) is 2. The third-order valence-electron chi connectivity index (χ3n) is 5.44. The van der Waals surface area contributed by atoms with E-state index in [2.05, 4.69) is 0 Å². The van der Waals surface area contributed by atoms with Gasteiger partial charge in [-0.15, -0.1) is 0 Å². The molecule has 1 atom stereocenters. The zero-order valence-electron chi connectivity index (χ0n) is 16.0. The lowest BCUT2D eigenvalue weighted by Gasteiger charge is -2.38. The third-order valence-corrected chi connectivity index (χ3v) is 5.44. The average molecular weight is 402 g/mol. The summed E-state index contributed by atoms with van der Waals surface area (Å²) >= 11 is 0. The molecule has 1 N–H and O–H groups in total. The number of aliphatic hydroxyl groups is 1. The Hall–Kier alpha value is -2.00. The van der Waals surface area contributed by atoms with E-state index < -0.39 is 18.8 Å². The Balaban J connectivity index is 1.70. The Morgan fingerprint density at radius 3 is 2.36 bits per heavy atom. The Labute approximate surface area is 161 Å². The molecule has 1 aromatic rings. The van der Waals surface area contributed by atoms with E-state index in [1.165, 1.54) is 19.1 Å². The van der Waals surface area contributed by atoms with Gasteiger partial charge in [0.15, 0.2) is 0 Å². The second kappa shape index (κ2) is 8.16. The van der Waals surface area contributed by atoms with E-state index in [-0.39, 0.29) is 38.0 Å². The molecule has 0 bridgehead atoms. The highest BCUT2D eigenvalue weighted by atomic mass is 19.4. The number of likely N-dealkylation sites (tertiary alicyclic amines) is 1. The molecule has 0 aliphatic carbocycles. The molecule has 0 radical (unpaired) electrons. The van der Waals surface area contributed by atoms with Crippen molar-refractivity contribution in [2.75, 3.05) is 40.4 Å². The fourth-order valence-corrected chi connectivity index (χ4v) is 4.09. The molecular weight excluding hydrogens is 377 g/mol. The van der Waals surface area contributed by atoms with Gasteiger partial charge in [-0.25, -0.2) is 0 Å². The van der Waals surface area contributed by atoms with E-state index in [0.29, 0.717) is 35.5 Å². The number of fused-ring (bicyclic) bond motifs is 1. The summed E-state index contributed by atoms with van der Waals surface area (Å²) in [5, 5.41) is 10.6. The fourth-order valence-electron chi connectivity index (χ4n) is 4.09. The molecule has 1 amide bonds. The normalized spacial score (nSPS) is 21.4. The van der Waals surface area contributed by atoms with Gasteiger partial charge in [-0.05, 0) is 38.1 Å². The zero-order valence-corrected chi connectivity index (χ0v) is 16.0. The van der Waals surface area contributed by atoms with Gasteiger partial charge < -0.3 is 19.5 Å². The van der Waals surface area contributed by atoms with Crippen LogP contribution in [-0.2, 0) is 11.3 Å². The number of rotatable bonds is 4. The van der Waals surface area contributed by atoms with Crippen molar-refractivity contribution in [1.29, 1.82) is 0 Å². The van der Waals surface area contributed by atoms with Crippen LogP contribution in [0.3, 0.4) is 0 Å². The predicted molar refractivity (Wildman–Crippen MR) is 95.1 cm³/mol. The SMILES string of the molecule is COc1ccc(OC)c2c1CN(C(=O)C1CCN(CC(F)(F)F)CC1)CC2O. The van der Waals surface area contributed by atoms with Crippen LogP contribution >= 0.6 is 0 Å². The highest BCUT2D eigenvalue weighted by Crippen LogP contribution is 2.40. The van der Waals surface area contributed by atoms with Gasteiger partial charge in [0.2, 0.25) is 5.91 Å². The molecule has 0 saturated carbocycles. The molecular formula is C19H25F3N2O4. The van der Waals surface area contributed by atoms with Crippen LogP contribution in [0.5, 0.6) is 11.5 Å². The van der Waals surface area contributed by atoms with E-state index in [1.807, 2.05) is 0 Å². The van der Waals surface area contributed by atoms with E-state index in [1.54, 1.807) is 17.0 Å². The third kappa shape index (κ3) is 4.35. The maximum atomic E-state index is 13.0. The van der Waals surface area contributed by atoms with Gasteiger partial charge in [-0.3, -0.25) is 9.69 Å². The van der Waals surface area contributed by atoms with Crippen molar-refractivity contribution in [3.8, 4) is 11.5 Å². The van der Waals surface area contributed by atoms with E-state index in [0.717, 1.165) is 0 Å². The Kier molecular flexibility index (Phi) is 6.04. The molecule has 1 saturated heterocycles. The van der Waals surface area contributed by atoms with E-state index in [9.17, 15) is 23.1 Å². The first-order chi connectivity index (χ1) is 13.2. The minimum atomic E-state index is -4.23. The second-order valence-corrected chi connectivity index (χ2v) is 7.26. The maximum absolute atomic E-state index is 13.0. The lowest BCUT2D eigenvalue weighted by atomic mass is 9.91. The van der Waals surface area contributed by atoms with Crippen LogP contribution < -0.4 is 9.47 Å². The van der Waals surface area contributed by atoms with Gasteiger partial charge >= 0.3 is 6.18 Å². The fraction of sp³-hybridized carbons (Fsp3) is 0.632. The summed E-state index contributed by atoms with van der Waals surface area (Å²) in [5.41, 5.74) is 1.31. The summed E-state index contributed by atoms with van der Waals surface area (Å²) in [5.74, 6) is 0.624. The largest absolute Gasteiger partial charge is 0.496 e. The van der Waals surface area contributed by atoms with Crippen molar-refractivity contribution in [3.05, 3.63) is 23.3 Å². The lowest BCUT2D eigenvalue weighted by Crippen LogP contribution is -2.46. The monoisotopic (exact) mass is 402 g/mol. The maximum Gasteiger partial charge on any atom is 0.401 e. The van der Waals surface area contributed by atoms with Crippen LogP contribution in [0.25, 0.3) is 0 Å². The van der Waals surface area contributed by atoms with Gasteiger partial charge in [-0.2, -0.15) is 13.2 Å². The van der Waals surface area contributed by atoms with Crippen LogP contribution in [0.15, 0.2) is 12.1 Å². The van der Waals surface area contributed by atoms with Crippen molar-refractivity contribution < 1.29 is 32.5 Å². The van der Waals surface area contributed by atoms with E-state index in [4.69, 9.17) is 9.47 Å². The number of carbonyl (C=O) groups excluding carboxylic acids is 1. The first kappa shape index (κ1) is 20.7. The van der Waals surface area contributed by atoms with Crippen LogP contribution in [0, 0.1) is 5.92 Å². The topological polar surface area (TPSA) is 62.2 Å². The number of piperidine rings is 1. The molecule has 2 aliphatic rings. The standard InChI is InChI=1S/C19H25F3N2O4/c1-27-15-3-4-16(28-2)17-13(15)9-24(10-14(17)25)18(26)12-5-7-23(8-6-12)11-19(20,21)22/h3-4,12,14,25H,5-11H2,1-2H3. The Morgan fingerprint density at radius 1 is 1.18 bits per heavy atom. The minimum absolute atomic E-state index is 0.123. The van der Waals surface area contributed by atoms with Crippen LogP contribution in [0.1, 0.15) is 30.1 Å². The van der Waals surface area contributed by atoms with Gasteiger partial charge in [0, 0.05) is 23.6 Å². The number of carbonyl (C=O) groups is 1. The van der Waals surface area contributed by atoms with Crippen LogP contribution in [-0.4, -0.2) is 67.4 Å².